The first-order valence-electron chi connectivity index (χ1n) is 11.1. The molecule has 0 unspecified atom stereocenters. The molecule has 6 nitrogen and oxygen atoms in total. The topological polar surface area (TPSA) is 76.8 Å². The molecule has 0 saturated carbocycles. The number of nitrogens with zero attached hydrogens (tertiary/aromatic N) is 1. The number of rotatable bonds is 5. The SMILES string of the molecule is CCOC(=O)c1oc2ccc(S(=O)(=O)N3CCCCC[C@@H]3c3ccc(C)cc3)cc2c1C. The van der Waals surface area contributed by atoms with Gasteiger partial charge in [-0.1, -0.05) is 42.7 Å². The van der Waals surface area contributed by atoms with E-state index in [9.17, 15) is 13.2 Å². The lowest BCUT2D eigenvalue weighted by molar-refractivity contribution is 0.0491. The fourth-order valence-corrected chi connectivity index (χ4v) is 6.09. The van der Waals surface area contributed by atoms with E-state index in [4.69, 9.17) is 9.15 Å². The van der Waals surface area contributed by atoms with E-state index in [2.05, 4.69) is 0 Å². The number of ether oxygens (including phenoxy) is 1. The van der Waals surface area contributed by atoms with Gasteiger partial charge in [0.2, 0.25) is 15.8 Å². The average Bonchev–Trinajstić information content (AvgIpc) is 2.94. The summed E-state index contributed by atoms with van der Waals surface area (Å²) in [6.07, 6.45) is 3.63. The zero-order valence-electron chi connectivity index (χ0n) is 18.8. The molecule has 2 aromatic carbocycles. The lowest BCUT2D eigenvalue weighted by Gasteiger charge is -2.29. The largest absolute Gasteiger partial charge is 0.460 e. The van der Waals surface area contributed by atoms with Crippen LogP contribution in [0.1, 0.15) is 65.9 Å². The monoisotopic (exact) mass is 455 g/mol. The molecule has 1 aromatic heterocycles. The Labute approximate surface area is 189 Å². The zero-order chi connectivity index (χ0) is 22.9. The number of carbonyl (C=O) groups is 1. The van der Waals surface area contributed by atoms with Crippen LogP contribution in [0.15, 0.2) is 51.8 Å². The van der Waals surface area contributed by atoms with Gasteiger partial charge in [0.25, 0.3) is 0 Å². The molecule has 0 amide bonds. The molecule has 0 radical (unpaired) electrons. The van der Waals surface area contributed by atoms with Crippen LogP contribution >= 0.6 is 0 Å². The van der Waals surface area contributed by atoms with Crippen LogP contribution in [0.5, 0.6) is 0 Å². The molecule has 2 heterocycles. The summed E-state index contributed by atoms with van der Waals surface area (Å²) < 4.78 is 40.0. The third-order valence-corrected chi connectivity index (χ3v) is 8.05. The predicted molar refractivity (Wildman–Crippen MR) is 123 cm³/mol. The third-order valence-electron chi connectivity index (χ3n) is 6.14. The summed E-state index contributed by atoms with van der Waals surface area (Å²) in [6.45, 7) is 6.22. The Morgan fingerprint density at radius 3 is 2.56 bits per heavy atom. The Hall–Kier alpha value is -2.64. The van der Waals surface area contributed by atoms with Crippen molar-refractivity contribution in [1.29, 1.82) is 0 Å². The Morgan fingerprint density at radius 1 is 1.09 bits per heavy atom. The lowest BCUT2D eigenvalue weighted by Crippen LogP contribution is -2.34. The molecule has 3 aromatic rings. The molecular weight excluding hydrogens is 426 g/mol. The molecule has 1 atom stereocenters. The van der Waals surface area contributed by atoms with Gasteiger partial charge in [-0.3, -0.25) is 0 Å². The quantitative estimate of drug-likeness (QED) is 0.473. The summed E-state index contributed by atoms with van der Waals surface area (Å²) in [4.78, 5) is 12.4. The summed E-state index contributed by atoms with van der Waals surface area (Å²) >= 11 is 0. The van der Waals surface area contributed by atoms with Crippen molar-refractivity contribution in [3.63, 3.8) is 0 Å². The average molecular weight is 456 g/mol. The minimum atomic E-state index is -3.75. The molecule has 1 fully saturated rings. The van der Waals surface area contributed by atoms with Crippen LogP contribution in [0.25, 0.3) is 11.0 Å². The van der Waals surface area contributed by atoms with E-state index in [1.807, 2.05) is 31.2 Å². The van der Waals surface area contributed by atoms with Crippen LogP contribution in [0.3, 0.4) is 0 Å². The minimum absolute atomic E-state index is 0.115. The number of furan rings is 1. The van der Waals surface area contributed by atoms with Gasteiger partial charge in [0.1, 0.15) is 5.58 Å². The first kappa shape index (κ1) is 22.6. The maximum Gasteiger partial charge on any atom is 0.374 e. The van der Waals surface area contributed by atoms with Gasteiger partial charge in [0.05, 0.1) is 17.5 Å². The highest BCUT2D eigenvalue weighted by molar-refractivity contribution is 7.89. The van der Waals surface area contributed by atoms with Crippen LogP contribution in [0.2, 0.25) is 0 Å². The van der Waals surface area contributed by atoms with Gasteiger partial charge in [-0.05, 0) is 57.4 Å². The Bertz CT molecular complexity index is 1230. The number of carbonyl (C=O) groups excluding carboxylic acids is 1. The fraction of sp³-hybridized carbons (Fsp3) is 0.400. The Morgan fingerprint density at radius 2 is 1.84 bits per heavy atom. The third kappa shape index (κ3) is 4.19. The first-order chi connectivity index (χ1) is 15.3. The molecule has 7 heteroatoms. The van der Waals surface area contributed by atoms with Crippen molar-refractivity contribution < 1.29 is 22.4 Å². The summed E-state index contributed by atoms with van der Waals surface area (Å²) in [6, 6.07) is 12.7. The van der Waals surface area contributed by atoms with E-state index in [0.29, 0.717) is 23.1 Å². The lowest BCUT2D eigenvalue weighted by atomic mass is 10.0. The number of hydrogen-bond donors (Lipinski definition) is 0. The van der Waals surface area contributed by atoms with Gasteiger partial charge < -0.3 is 9.15 Å². The minimum Gasteiger partial charge on any atom is -0.460 e. The molecule has 170 valence electrons. The number of hydrogen-bond acceptors (Lipinski definition) is 5. The number of aryl methyl sites for hydroxylation is 2. The standard InChI is InChI=1S/C25H29NO5S/c1-4-30-25(27)24-18(3)21-16-20(13-14-23(21)31-24)32(28,29)26-15-7-5-6-8-22(26)19-11-9-17(2)10-12-19/h9-14,16,22H,4-8,15H2,1-3H3/t22-/m1/s1. The summed E-state index contributed by atoms with van der Waals surface area (Å²) in [5.41, 5.74) is 3.22. The van der Waals surface area contributed by atoms with E-state index < -0.39 is 16.0 Å². The van der Waals surface area contributed by atoms with Crippen molar-refractivity contribution in [3.05, 3.63) is 64.9 Å². The Balaban J connectivity index is 1.75. The molecular formula is C25H29NO5S. The van der Waals surface area contributed by atoms with Crippen LogP contribution in [0.4, 0.5) is 0 Å². The van der Waals surface area contributed by atoms with Crippen LogP contribution in [-0.4, -0.2) is 31.8 Å². The molecule has 1 aliphatic heterocycles. The van der Waals surface area contributed by atoms with Crippen molar-refractivity contribution in [2.24, 2.45) is 0 Å². The normalized spacial score (nSPS) is 17.9. The predicted octanol–water partition coefficient (Wildman–Crippen LogP) is 5.53. The molecule has 4 rings (SSSR count). The van der Waals surface area contributed by atoms with Gasteiger partial charge in [-0.25, -0.2) is 13.2 Å². The van der Waals surface area contributed by atoms with E-state index in [1.165, 1.54) is 0 Å². The second kappa shape index (κ2) is 9.08. The van der Waals surface area contributed by atoms with Crippen LogP contribution in [0, 0.1) is 13.8 Å². The molecule has 0 bridgehead atoms. The van der Waals surface area contributed by atoms with Gasteiger partial charge in [-0.15, -0.1) is 0 Å². The number of sulfonamides is 1. The summed E-state index contributed by atoms with van der Waals surface area (Å²) in [5.74, 6) is -0.429. The smallest absolute Gasteiger partial charge is 0.374 e. The second-order valence-electron chi connectivity index (χ2n) is 8.33. The fourth-order valence-electron chi connectivity index (χ4n) is 4.38. The van der Waals surface area contributed by atoms with E-state index in [0.717, 1.165) is 36.8 Å². The number of esters is 1. The second-order valence-corrected chi connectivity index (χ2v) is 10.2. The van der Waals surface area contributed by atoms with Crippen LogP contribution in [-0.2, 0) is 14.8 Å². The maximum atomic E-state index is 13.8. The van der Waals surface area contributed by atoms with Crippen LogP contribution < -0.4 is 0 Å². The first-order valence-corrected chi connectivity index (χ1v) is 12.6. The van der Waals surface area contributed by atoms with Crippen molar-refractivity contribution in [3.8, 4) is 0 Å². The highest BCUT2D eigenvalue weighted by atomic mass is 32.2. The number of benzene rings is 2. The van der Waals surface area contributed by atoms with Crippen molar-refractivity contribution in [1.82, 2.24) is 4.31 Å². The van der Waals surface area contributed by atoms with Crippen molar-refractivity contribution in [2.45, 2.75) is 57.4 Å². The molecule has 1 saturated heterocycles. The van der Waals surface area contributed by atoms with E-state index in [-0.39, 0.29) is 23.3 Å². The Kier molecular flexibility index (Phi) is 6.40. The zero-order valence-corrected chi connectivity index (χ0v) is 19.6. The van der Waals surface area contributed by atoms with Crippen molar-refractivity contribution >= 4 is 27.0 Å². The molecule has 0 spiro atoms. The molecule has 32 heavy (non-hydrogen) atoms. The number of fused-ring (bicyclic) bond motifs is 1. The van der Waals surface area contributed by atoms with Gasteiger partial charge >= 0.3 is 5.97 Å². The van der Waals surface area contributed by atoms with Crippen molar-refractivity contribution in [2.75, 3.05) is 13.2 Å². The van der Waals surface area contributed by atoms with E-state index >= 15 is 0 Å². The maximum absolute atomic E-state index is 13.8. The van der Waals surface area contributed by atoms with Gasteiger partial charge in [-0.2, -0.15) is 4.31 Å². The van der Waals surface area contributed by atoms with E-state index in [1.54, 1.807) is 36.4 Å². The molecule has 1 aliphatic rings. The van der Waals surface area contributed by atoms with Gasteiger partial charge in [0, 0.05) is 17.5 Å². The highest BCUT2D eigenvalue weighted by Gasteiger charge is 2.34. The van der Waals surface area contributed by atoms with Gasteiger partial charge in [0.15, 0.2) is 0 Å². The highest BCUT2D eigenvalue weighted by Crippen LogP contribution is 2.36. The molecule has 0 N–H and O–H groups in total. The molecule has 0 aliphatic carbocycles. The summed E-state index contributed by atoms with van der Waals surface area (Å²) in [7, 11) is -3.75. The summed E-state index contributed by atoms with van der Waals surface area (Å²) in [5, 5.41) is 0.607.